The summed E-state index contributed by atoms with van der Waals surface area (Å²) in [5.41, 5.74) is 0. The van der Waals surface area contributed by atoms with Crippen molar-refractivity contribution in [2.75, 3.05) is 6.61 Å². The van der Waals surface area contributed by atoms with E-state index in [1.807, 2.05) is 6.92 Å². The Morgan fingerprint density at radius 1 is 0.966 bits per heavy atom. The lowest BCUT2D eigenvalue weighted by Crippen LogP contribution is -2.53. The molecule has 12 nitrogen and oxygen atoms in total. The van der Waals surface area contributed by atoms with Crippen LogP contribution in [0.5, 0.6) is 0 Å². The van der Waals surface area contributed by atoms with Crippen molar-refractivity contribution in [3.8, 4) is 0 Å². The quantitative estimate of drug-likeness (QED) is 0.156. The molecule has 0 rings (SSSR count). The summed E-state index contributed by atoms with van der Waals surface area (Å²) in [5, 5.41) is 24.8. The highest BCUT2D eigenvalue weighted by Gasteiger charge is 2.41. The van der Waals surface area contributed by atoms with Gasteiger partial charge in [-0.2, -0.15) is 8.42 Å². The topological polar surface area (TPSA) is 196 Å². The summed E-state index contributed by atoms with van der Waals surface area (Å²) in [7, 11) is -5.17. The Kier molecular flexibility index (Phi) is 11.4. The second kappa shape index (κ2) is 12.3. The van der Waals surface area contributed by atoms with Gasteiger partial charge in [-0.3, -0.25) is 18.9 Å². The van der Waals surface area contributed by atoms with E-state index in [0.29, 0.717) is 11.3 Å². The highest BCUT2D eigenvalue weighted by atomic mass is 32.2. The van der Waals surface area contributed by atoms with Crippen LogP contribution in [-0.2, 0) is 34.0 Å². The minimum absolute atomic E-state index is 0.0326. The van der Waals surface area contributed by atoms with Gasteiger partial charge < -0.3 is 25.0 Å². The molecule has 0 aromatic rings. The molecule has 168 valence electrons. The van der Waals surface area contributed by atoms with Gasteiger partial charge in [0.15, 0.2) is 5.25 Å². The molecule has 0 bridgehead atoms. The average Bonchev–Trinajstić information content (AvgIpc) is 2.59. The third kappa shape index (κ3) is 9.19. The van der Waals surface area contributed by atoms with Gasteiger partial charge in [-0.1, -0.05) is 26.7 Å². The van der Waals surface area contributed by atoms with Crippen LogP contribution in [0.15, 0.2) is 0 Å². The standard InChI is InChI=1S/C16H27NO11S/c1-3-5-6-7-28-13(4-2)17(10(15(21)22)8-14(19)20)12(18)9-11(16(23)24)29(25,26)27/h10-11,13H,3-9H2,1-2H3,(H,19,20)(H,21,22)(H,23,24)(H,25,26,27). The van der Waals surface area contributed by atoms with Crippen LogP contribution in [0, 0.1) is 0 Å². The summed E-state index contributed by atoms with van der Waals surface area (Å²) in [5.74, 6) is -6.52. The van der Waals surface area contributed by atoms with Gasteiger partial charge in [0.25, 0.3) is 10.1 Å². The molecule has 0 radical (unpaired) electrons. The number of nitrogens with zero attached hydrogens (tertiary/aromatic N) is 1. The van der Waals surface area contributed by atoms with Crippen molar-refractivity contribution in [2.45, 2.75) is 69.9 Å². The predicted molar refractivity (Wildman–Crippen MR) is 97.7 cm³/mol. The molecule has 0 aliphatic rings. The molecule has 0 aliphatic carbocycles. The number of carbonyl (C=O) groups excluding carboxylic acids is 1. The predicted octanol–water partition coefficient (Wildman–Crippen LogP) is 0.417. The number of carbonyl (C=O) groups is 4. The number of unbranched alkanes of at least 4 members (excludes halogenated alkanes) is 2. The van der Waals surface area contributed by atoms with Crippen LogP contribution in [-0.4, -0.2) is 81.1 Å². The zero-order chi connectivity index (χ0) is 22.8. The van der Waals surface area contributed by atoms with Crippen LogP contribution in [0.25, 0.3) is 0 Å². The molecule has 0 aromatic heterocycles. The largest absolute Gasteiger partial charge is 0.481 e. The molecule has 0 heterocycles. The molecule has 0 saturated heterocycles. The van der Waals surface area contributed by atoms with E-state index < -0.39 is 64.3 Å². The van der Waals surface area contributed by atoms with E-state index in [1.165, 1.54) is 6.92 Å². The lowest BCUT2D eigenvalue weighted by Gasteiger charge is -2.35. The Morgan fingerprint density at radius 2 is 1.55 bits per heavy atom. The number of carboxylic acid groups (broad SMARTS) is 3. The Balaban J connectivity index is 5.90. The van der Waals surface area contributed by atoms with Gasteiger partial charge >= 0.3 is 17.9 Å². The fourth-order valence-electron chi connectivity index (χ4n) is 2.56. The highest BCUT2D eigenvalue weighted by Crippen LogP contribution is 2.19. The van der Waals surface area contributed by atoms with Crippen LogP contribution >= 0.6 is 0 Å². The Labute approximate surface area is 168 Å². The van der Waals surface area contributed by atoms with Crippen molar-refractivity contribution in [1.82, 2.24) is 4.90 Å². The Hall–Kier alpha value is -2.25. The number of amides is 1. The molecule has 0 saturated carbocycles. The van der Waals surface area contributed by atoms with Crippen molar-refractivity contribution in [3.05, 3.63) is 0 Å². The van der Waals surface area contributed by atoms with E-state index >= 15 is 0 Å². The summed E-state index contributed by atoms with van der Waals surface area (Å²) in [6.07, 6.45) is -1.28. The van der Waals surface area contributed by atoms with E-state index in [2.05, 4.69) is 0 Å². The molecule has 29 heavy (non-hydrogen) atoms. The number of rotatable bonds is 15. The first-order valence-electron chi connectivity index (χ1n) is 8.93. The fraction of sp³-hybridized carbons (Fsp3) is 0.750. The van der Waals surface area contributed by atoms with E-state index in [0.717, 1.165) is 12.8 Å². The molecular weight excluding hydrogens is 414 g/mol. The second-order valence-corrected chi connectivity index (χ2v) is 7.84. The highest BCUT2D eigenvalue weighted by molar-refractivity contribution is 7.87. The first kappa shape index (κ1) is 26.8. The van der Waals surface area contributed by atoms with Crippen LogP contribution < -0.4 is 0 Å². The second-order valence-electron chi connectivity index (χ2n) is 6.24. The summed E-state index contributed by atoms with van der Waals surface area (Å²) < 4.78 is 37.1. The lowest BCUT2D eigenvalue weighted by molar-refractivity contribution is -0.169. The van der Waals surface area contributed by atoms with Crippen LogP contribution in [0.4, 0.5) is 0 Å². The smallest absolute Gasteiger partial charge is 0.327 e. The number of carboxylic acids is 3. The maximum absolute atomic E-state index is 12.7. The first-order chi connectivity index (χ1) is 13.4. The summed E-state index contributed by atoms with van der Waals surface area (Å²) in [6.45, 7) is 3.58. The summed E-state index contributed by atoms with van der Waals surface area (Å²) in [6, 6.07) is -1.92. The van der Waals surface area contributed by atoms with Gasteiger partial charge in [-0.25, -0.2) is 4.79 Å². The summed E-state index contributed by atoms with van der Waals surface area (Å²) >= 11 is 0. The van der Waals surface area contributed by atoms with Gasteiger partial charge in [-0.05, 0) is 12.8 Å². The zero-order valence-electron chi connectivity index (χ0n) is 16.2. The third-order valence-electron chi connectivity index (χ3n) is 3.99. The van der Waals surface area contributed by atoms with Gasteiger partial charge in [0, 0.05) is 6.61 Å². The van der Waals surface area contributed by atoms with E-state index in [-0.39, 0.29) is 13.0 Å². The zero-order valence-corrected chi connectivity index (χ0v) is 17.0. The van der Waals surface area contributed by atoms with Crippen LogP contribution in [0.3, 0.4) is 0 Å². The van der Waals surface area contributed by atoms with Gasteiger partial charge in [0.1, 0.15) is 12.3 Å². The molecule has 3 unspecified atom stereocenters. The number of hydrogen-bond acceptors (Lipinski definition) is 7. The molecule has 0 spiro atoms. The molecule has 0 aliphatic heterocycles. The molecule has 0 aromatic carbocycles. The van der Waals surface area contributed by atoms with Crippen molar-refractivity contribution >= 4 is 33.9 Å². The van der Waals surface area contributed by atoms with Crippen LogP contribution in [0.1, 0.15) is 52.4 Å². The SMILES string of the molecule is CCCCCOC(CC)N(C(=O)CC(C(=O)O)S(=O)(=O)O)C(CC(=O)O)C(=O)O. The maximum atomic E-state index is 12.7. The van der Waals surface area contributed by atoms with Crippen molar-refractivity contribution in [3.63, 3.8) is 0 Å². The minimum Gasteiger partial charge on any atom is -0.481 e. The number of hydrogen-bond donors (Lipinski definition) is 4. The molecule has 0 fully saturated rings. The average molecular weight is 441 g/mol. The van der Waals surface area contributed by atoms with Gasteiger partial charge in [0.05, 0.1) is 12.8 Å². The molecule has 3 atom stereocenters. The molecule has 1 amide bonds. The lowest BCUT2D eigenvalue weighted by atomic mass is 10.1. The van der Waals surface area contributed by atoms with Crippen molar-refractivity contribution in [1.29, 1.82) is 0 Å². The number of aliphatic carboxylic acids is 3. The van der Waals surface area contributed by atoms with E-state index in [1.54, 1.807) is 0 Å². The fourth-order valence-corrected chi connectivity index (χ4v) is 3.16. The van der Waals surface area contributed by atoms with Crippen LogP contribution in [0.2, 0.25) is 0 Å². The van der Waals surface area contributed by atoms with Crippen molar-refractivity contribution in [2.24, 2.45) is 0 Å². The van der Waals surface area contributed by atoms with Gasteiger partial charge in [-0.15, -0.1) is 0 Å². The monoisotopic (exact) mass is 441 g/mol. The van der Waals surface area contributed by atoms with E-state index in [9.17, 15) is 32.7 Å². The molecule has 4 N–H and O–H groups in total. The van der Waals surface area contributed by atoms with Crippen molar-refractivity contribution < 1.29 is 52.2 Å². The third-order valence-corrected chi connectivity index (χ3v) is 5.08. The Bertz CT molecular complexity index is 691. The summed E-state index contributed by atoms with van der Waals surface area (Å²) in [4.78, 5) is 47.0. The van der Waals surface area contributed by atoms with Gasteiger partial charge in [0.2, 0.25) is 5.91 Å². The minimum atomic E-state index is -5.17. The normalized spacial score (nSPS) is 14.6. The number of ether oxygens (including phenoxy) is 1. The molecular formula is C16H27NO11S. The first-order valence-corrected chi connectivity index (χ1v) is 10.4. The van der Waals surface area contributed by atoms with E-state index in [4.69, 9.17) is 19.5 Å². The molecule has 13 heteroatoms. The Morgan fingerprint density at radius 3 is 1.93 bits per heavy atom. The maximum Gasteiger partial charge on any atom is 0.327 e.